The Bertz CT molecular complexity index is 777. The minimum Gasteiger partial charge on any atom is -0.497 e. The van der Waals surface area contributed by atoms with E-state index in [4.69, 9.17) is 18.9 Å². The van der Waals surface area contributed by atoms with Crippen LogP contribution in [-0.2, 0) is 4.79 Å². The van der Waals surface area contributed by atoms with Crippen molar-refractivity contribution in [2.75, 3.05) is 33.8 Å². The highest BCUT2D eigenvalue weighted by atomic mass is 16.5. The van der Waals surface area contributed by atoms with Gasteiger partial charge in [0.05, 0.1) is 40.2 Å². The molecule has 0 saturated carbocycles. The van der Waals surface area contributed by atoms with Crippen LogP contribution in [-0.4, -0.2) is 39.5 Å². The van der Waals surface area contributed by atoms with Gasteiger partial charge in [-0.3, -0.25) is 4.79 Å². The van der Waals surface area contributed by atoms with Gasteiger partial charge < -0.3 is 29.4 Å². The molecule has 2 aromatic rings. The van der Waals surface area contributed by atoms with Crippen LogP contribution in [0.3, 0.4) is 0 Å². The Balaban J connectivity index is 1.99. The van der Waals surface area contributed by atoms with Gasteiger partial charge in [-0.2, -0.15) is 0 Å². The Morgan fingerprint density at radius 3 is 2.11 bits per heavy atom. The Morgan fingerprint density at radius 1 is 0.926 bits per heavy atom. The predicted octanol–water partition coefficient (Wildman–Crippen LogP) is 3.17. The highest BCUT2D eigenvalue weighted by Gasteiger charge is 2.17. The summed E-state index contributed by atoms with van der Waals surface area (Å²) in [7, 11) is 6.16. The maximum absolute atomic E-state index is 12.3. The molecular formula is C20H25NO6. The SMILES string of the molecule is COc1ccc(NC(=O)CCC(O)c2ccc(OC)cc2OC)c(OC)c1. The lowest BCUT2D eigenvalue weighted by molar-refractivity contribution is -0.116. The van der Waals surface area contributed by atoms with Gasteiger partial charge in [0.1, 0.15) is 23.0 Å². The summed E-state index contributed by atoms with van der Waals surface area (Å²) < 4.78 is 20.8. The molecule has 0 spiro atoms. The first kappa shape index (κ1) is 20.4. The third-order valence-electron chi connectivity index (χ3n) is 4.13. The van der Waals surface area contributed by atoms with Gasteiger partial charge in [0.15, 0.2) is 0 Å². The fraction of sp³-hybridized carbons (Fsp3) is 0.350. The maximum atomic E-state index is 12.3. The molecule has 2 rings (SSSR count). The van der Waals surface area contributed by atoms with E-state index in [9.17, 15) is 9.90 Å². The number of aliphatic hydroxyl groups excluding tert-OH is 1. The van der Waals surface area contributed by atoms with Gasteiger partial charge >= 0.3 is 0 Å². The van der Waals surface area contributed by atoms with Crippen molar-refractivity contribution in [1.82, 2.24) is 0 Å². The summed E-state index contributed by atoms with van der Waals surface area (Å²) >= 11 is 0. The summed E-state index contributed by atoms with van der Waals surface area (Å²) in [6, 6.07) is 10.3. The van der Waals surface area contributed by atoms with Gasteiger partial charge in [0.25, 0.3) is 0 Å². The third kappa shape index (κ3) is 5.27. The zero-order chi connectivity index (χ0) is 19.8. The highest BCUT2D eigenvalue weighted by Crippen LogP contribution is 2.32. The first-order chi connectivity index (χ1) is 13.0. The van der Waals surface area contributed by atoms with E-state index in [1.54, 1.807) is 50.6 Å². The van der Waals surface area contributed by atoms with Gasteiger partial charge in [0, 0.05) is 24.1 Å². The minimum atomic E-state index is -0.839. The number of hydrogen-bond donors (Lipinski definition) is 2. The smallest absolute Gasteiger partial charge is 0.224 e. The van der Waals surface area contributed by atoms with Crippen molar-refractivity contribution in [2.24, 2.45) is 0 Å². The highest BCUT2D eigenvalue weighted by molar-refractivity contribution is 5.92. The largest absolute Gasteiger partial charge is 0.497 e. The van der Waals surface area contributed by atoms with Crippen molar-refractivity contribution in [3.8, 4) is 23.0 Å². The summed E-state index contributed by atoms with van der Waals surface area (Å²) in [6.45, 7) is 0. The van der Waals surface area contributed by atoms with Crippen LogP contribution in [0.1, 0.15) is 24.5 Å². The molecule has 146 valence electrons. The van der Waals surface area contributed by atoms with Gasteiger partial charge in [-0.05, 0) is 30.7 Å². The van der Waals surface area contributed by atoms with E-state index in [-0.39, 0.29) is 18.7 Å². The Hall–Kier alpha value is -2.93. The molecule has 0 bridgehead atoms. The lowest BCUT2D eigenvalue weighted by atomic mass is 10.0. The number of methoxy groups -OCH3 is 4. The first-order valence-electron chi connectivity index (χ1n) is 8.44. The molecule has 0 aliphatic heterocycles. The van der Waals surface area contributed by atoms with E-state index >= 15 is 0 Å². The zero-order valence-electron chi connectivity index (χ0n) is 15.9. The maximum Gasteiger partial charge on any atom is 0.224 e. The molecule has 7 heteroatoms. The van der Waals surface area contributed by atoms with Crippen molar-refractivity contribution >= 4 is 11.6 Å². The van der Waals surface area contributed by atoms with E-state index in [1.165, 1.54) is 14.2 Å². The number of amides is 1. The molecule has 1 atom stereocenters. The third-order valence-corrected chi connectivity index (χ3v) is 4.13. The molecule has 0 fully saturated rings. The number of carbonyl (C=O) groups is 1. The van der Waals surface area contributed by atoms with Gasteiger partial charge in [-0.15, -0.1) is 0 Å². The molecule has 0 aliphatic carbocycles. The average molecular weight is 375 g/mol. The number of nitrogens with one attached hydrogen (secondary N) is 1. The molecule has 0 heterocycles. The van der Waals surface area contributed by atoms with Crippen molar-refractivity contribution in [3.63, 3.8) is 0 Å². The number of benzene rings is 2. The lowest BCUT2D eigenvalue weighted by Crippen LogP contribution is -2.14. The average Bonchev–Trinajstić information content (AvgIpc) is 2.71. The summed E-state index contributed by atoms with van der Waals surface area (Å²) in [5.74, 6) is 2.04. The molecule has 0 saturated heterocycles. The van der Waals surface area contributed by atoms with E-state index in [0.717, 1.165) is 0 Å². The van der Waals surface area contributed by atoms with Crippen LogP contribution in [0.25, 0.3) is 0 Å². The molecular weight excluding hydrogens is 350 g/mol. The summed E-state index contributed by atoms with van der Waals surface area (Å²) in [5.41, 5.74) is 1.15. The Kier molecular flexibility index (Phi) is 7.31. The van der Waals surface area contributed by atoms with E-state index < -0.39 is 6.10 Å². The summed E-state index contributed by atoms with van der Waals surface area (Å²) in [5, 5.41) is 13.2. The van der Waals surface area contributed by atoms with E-state index in [2.05, 4.69) is 5.32 Å². The normalized spacial score (nSPS) is 11.4. The Labute approximate surface area is 158 Å². The number of anilines is 1. The molecule has 27 heavy (non-hydrogen) atoms. The van der Waals surface area contributed by atoms with Crippen molar-refractivity contribution in [1.29, 1.82) is 0 Å². The van der Waals surface area contributed by atoms with Gasteiger partial charge in [0.2, 0.25) is 5.91 Å². The Morgan fingerprint density at radius 2 is 1.52 bits per heavy atom. The molecule has 0 radical (unpaired) electrons. The summed E-state index contributed by atoms with van der Waals surface area (Å²) in [6.07, 6.45) is -0.465. The standard InChI is InChI=1S/C20H25NO6/c1-24-13-5-7-15(18(11-13)26-3)17(22)9-10-20(23)21-16-8-6-14(25-2)12-19(16)27-4/h5-8,11-12,17,22H,9-10H2,1-4H3,(H,21,23). The second-order valence-electron chi connectivity index (χ2n) is 5.78. The van der Waals surface area contributed by atoms with Crippen molar-refractivity contribution in [3.05, 3.63) is 42.0 Å². The summed E-state index contributed by atoms with van der Waals surface area (Å²) in [4.78, 5) is 12.3. The number of ether oxygens (including phenoxy) is 4. The number of hydrogen-bond acceptors (Lipinski definition) is 6. The number of aliphatic hydroxyl groups is 1. The van der Waals surface area contributed by atoms with Gasteiger partial charge in [-0.25, -0.2) is 0 Å². The first-order valence-corrected chi connectivity index (χ1v) is 8.44. The molecule has 0 aromatic heterocycles. The fourth-order valence-electron chi connectivity index (χ4n) is 2.63. The molecule has 7 nitrogen and oxygen atoms in total. The van der Waals surface area contributed by atoms with Crippen LogP contribution < -0.4 is 24.3 Å². The molecule has 0 aliphatic rings. The number of carbonyl (C=O) groups excluding carboxylic acids is 1. The van der Waals surface area contributed by atoms with Crippen LogP contribution in [0.4, 0.5) is 5.69 Å². The quantitative estimate of drug-likeness (QED) is 0.700. The van der Waals surface area contributed by atoms with E-state index in [1.807, 2.05) is 0 Å². The zero-order valence-corrected chi connectivity index (χ0v) is 15.9. The molecule has 2 N–H and O–H groups in total. The van der Waals surface area contributed by atoms with Crippen LogP contribution >= 0.6 is 0 Å². The topological polar surface area (TPSA) is 86.3 Å². The van der Waals surface area contributed by atoms with Gasteiger partial charge in [-0.1, -0.05) is 0 Å². The second kappa shape index (κ2) is 9.68. The van der Waals surface area contributed by atoms with Crippen LogP contribution in [0, 0.1) is 0 Å². The predicted molar refractivity (Wildman–Crippen MR) is 102 cm³/mol. The van der Waals surface area contributed by atoms with Crippen LogP contribution in [0.15, 0.2) is 36.4 Å². The van der Waals surface area contributed by atoms with E-state index in [0.29, 0.717) is 34.2 Å². The minimum absolute atomic E-state index is 0.130. The molecule has 1 unspecified atom stereocenters. The molecule has 1 amide bonds. The monoisotopic (exact) mass is 375 g/mol. The van der Waals surface area contributed by atoms with Crippen LogP contribution in [0.5, 0.6) is 23.0 Å². The van der Waals surface area contributed by atoms with Crippen LogP contribution in [0.2, 0.25) is 0 Å². The number of rotatable bonds is 9. The van der Waals surface area contributed by atoms with Crippen molar-refractivity contribution in [2.45, 2.75) is 18.9 Å². The second-order valence-corrected chi connectivity index (χ2v) is 5.78. The fourth-order valence-corrected chi connectivity index (χ4v) is 2.63. The van der Waals surface area contributed by atoms with Crippen molar-refractivity contribution < 1.29 is 28.8 Å². The lowest BCUT2D eigenvalue weighted by Gasteiger charge is -2.16. The molecule has 2 aromatic carbocycles.